The van der Waals surface area contributed by atoms with Gasteiger partial charge in [-0.15, -0.1) is 0 Å². The summed E-state index contributed by atoms with van der Waals surface area (Å²) in [5.74, 6) is -0.962. The third kappa shape index (κ3) is 5.25. The summed E-state index contributed by atoms with van der Waals surface area (Å²) in [6.45, 7) is 6.58. The van der Waals surface area contributed by atoms with Gasteiger partial charge in [0.25, 0.3) is 5.91 Å². The van der Waals surface area contributed by atoms with Crippen LogP contribution >= 0.6 is 0 Å². The van der Waals surface area contributed by atoms with Crippen LogP contribution in [0.1, 0.15) is 27.3 Å². The van der Waals surface area contributed by atoms with E-state index in [1.807, 2.05) is 50.2 Å². The quantitative estimate of drug-likeness (QED) is 0.538. The molecule has 7 heteroatoms. The third-order valence-corrected chi connectivity index (χ3v) is 6.13. The predicted molar refractivity (Wildman–Crippen MR) is 125 cm³/mol. The van der Waals surface area contributed by atoms with Crippen LogP contribution in [0, 0.1) is 19.7 Å². The number of piperazine rings is 1. The van der Waals surface area contributed by atoms with Crippen molar-refractivity contribution in [2.75, 3.05) is 37.7 Å². The van der Waals surface area contributed by atoms with E-state index in [4.69, 9.17) is 4.74 Å². The fourth-order valence-corrected chi connectivity index (χ4v) is 4.18. The van der Waals surface area contributed by atoms with Crippen LogP contribution in [0.3, 0.4) is 0 Å². The third-order valence-electron chi connectivity index (χ3n) is 6.13. The van der Waals surface area contributed by atoms with E-state index < -0.39 is 5.97 Å². The number of hydrogen-bond acceptors (Lipinski definition) is 4. The first kappa shape index (κ1) is 22.6. The molecule has 1 fully saturated rings. The SMILES string of the molecule is Cc1cc(C(=O)OCC(=O)N2CCN(c3ccc(F)cc3)CC2)c(C)n1Cc1ccccc1. The molecule has 4 rings (SSSR count). The lowest BCUT2D eigenvalue weighted by molar-refractivity contribution is -0.134. The summed E-state index contributed by atoms with van der Waals surface area (Å²) in [4.78, 5) is 29.1. The Balaban J connectivity index is 1.30. The summed E-state index contributed by atoms with van der Waals surface area (Å²) in [5, 5.41) is 0. The summed E-state index contributed by atoms with van der Waals surface area (Å²) in [6.07, 6.45) is 0. The molecule has 0 bridgehead atoms. The number of halogens is 1. The zero-order valence-corrected chi connectivity index (χ0v) is 19.0. The molecule has 6 nitrogen and oxygen atoms in total. The average Bonchev–Trinajstić information content (AvgIpc) is 3.12. The second-order valence-electron chi connectivity index (χ2n) is 8.28. The number of anilines is 1. The smallest absolute Gasteiger partial charge is 0.340 e. The van der Waals surface area contributed by atoms with Crippen molar-refractivity contribution in [1.29, 1.82) is 0 Å². The monoisotopic (exact) mass is 449 g/mol. The van der Waals surface area contributed by atoms with Gasteiger partial charge in [-0.2, -0.15) is 0 Å². The molecule has 1 amide bonds. The Kier molecular flexibility index (Phi) is 6.77. The Labute approximate surface area is 193 Å². The summed E-state index contributed by atoms with van der Waals surface area (Å²) < 4.78 is 20.6. The maximum atomic E-state index is 13.1. The molecule has 0 atom stereocenters. The van der Waals surface area contributed by atoms with Crippen molar-refractivity contribution < 1.29 is 18.7 Å². The Morgan fingerprint density at radius 1 is 0.939 bits per heavy atom. The van der Waals surface area contributed by atoms with E-state index in [0.717, 1.165) is 22.6 Å². The van der Waals surface area contributed by atoms with Crippen LogP contribution in [0.25, 0.3) is 0 Å². The number of aryl methyl sites for hydroxylation is 1. The first-order valence-corrected chi connectivity index (χ1v) is 11.1. The van der Waals surface area contributed by atoms with Gasteiger partial charge >= 0.3 is 5.97 Å². The molecule has 1 saturated heterocycles. The van der Waals surface area contributed by atoms with Gasteiger partial charge in [0.1, 0.15) is 5.82 Å². The van der Waals surface area contributed by atoms with Gasteiger partial charge in [0.2, 0.25) is 0 Å². The highest BCUT2D eigenvalue weighted by Crippen LogP contribution is 2.19. The number of ether oxygens (including phenoxy) is 1. The minimum Gasteiger partial charge on any atom is -0.452 e. The summed E-state index contributed by atoms with van der Waals surface area (Å²) in [7, 11) is 0. The van der Waals surface area contributed by atoms with Crippen LogP contribution in [0.5, 0.6) is 0 Å². The number of hydrogen-bond donors (Lipinski definition) is 0. The Hall–Kier alpha value is -3.61. The number of amides is 1. The highest BCUT2D eigenvalue weighted by molar-refractivity contribution is 5.92. The molecule has 0 spiro atoms. The molecule has 1 aliphatic heterocycles. The zero-order valence-electron chi connectivity index (χ0n) is 19.0. The summed E-state index contributed by atoms with van der Waals surface area (Å²) >= 11 is 0. The number of nitrogens with zero attached hydrogens (tertiary/aromatic N) is 3. The molecule has 2 heterocycles. The number of aromatic nitrogens is 1. The number of benzene rings is 2. The highest BCUT2D eigenvalue weighted by Gasteiger charge is 2.24. The van der Waals surface area contributed by atoms with Gasteiger partial charge in [0, 0.05) is 49.8 Å². The summed E-state index contributed by atoms with van der Waals surface area (Å²) in [5.41, 5.74) is 4.35. The fraction of sp³-hybridized carbons (Fsp3) is 0.308. The predicted octanol–water partition coefficient (Wildman–Crippen LogP) is 3.80. The molecular weight excluding hydrogens is 421 g/mol. The van der Waals surface area contributed by atoms with Crippen molar-refractivity contribution in [2.45, 2.75) is 20.4 Å². The van der Waals surface area contributed by atoms with Crippen LogP contribution < -0.4 is 4.90 Å². The van der Waals surface area contributed by atoms with Gasteiger partial charge in [-0.05, 0) is 49.7 Å². The van der Waals surface area contributed by atoms with Crippen LogP contribution in [-0.4, -0.2) is 54.1 Å². The number of rotatable bonds is 6. The molecule has 172 valence electrons. The topological polar surface area (TPSA) is 54.8 Å². The van der Waals surface area contributed by atoms with Gasteiger partial charge < -0.3 is 19.1 Å². The first-order chi connectivity index (χ1) is 15.9. The molecule has 2 aromatic carbocycles. The molecule has 0 aliphatic carbocycles. The number of carbonyl (C=O) groups excluding carboxylic acids is 2. The molecule has 0 radical (unpaired) electrons. The fourth-order valence-electron chi connectivity index (χ4n) is 4.18. The van der Waals surface area contributed by atoms with E-state index in [2.05, 4.69) is 9.47 Å². The van der Waals surface area contributed by atoms with Crippen LogP contribution in [0.4, 0.5) is 10.1 Å². The lowest BCUT2D eigenvalue weighted by Crippen LogP contribution is -2.49. The van der Waals surface area contributed by atoms with E-state index >= 15 is 0 Å². The maximum Gasteiger partial charge on any atom is 0.340 e. The van der Waals surface area contributed by atoms with Crippen LogP contribution in [0.2, 0.25) is 0 Å². The lowest BCUT2D eigenvalue weighted by atomic mass is 10.2. The van der Waals surface area contributed by atoms with Crippen molar-refractivity contribution in [3.05, 3.63) is 89.0 Å². The van der Waals surface area contributed by atoms with Gasteiger partial charge in [-0.25, -0.2) is 9.18 Å². The average molecular weight is 450 g/mol. The van der Waals surface area contributed by atoms with Crippen molar-refractivity contribution in [2.24, 2.45) is 0 Å². The number of carbonyl (C=O) groups is 2. The van der Waals surface area contributed by atoms with E-state index in [9.17, 15) is 14.0 Å². The molecular formula is C26H28FN3O3. The van der Waals surface area contributed by atoms with Crippen molar-refractivity contribution in [3.8, 4) is 0 Å². The highest BCUT2D eigenvalue weighted by atomic mass is 19.1. The van der Waals surface area contributed by atoms with E-state index in [1.54, 1.807) is 17.0 Å². The Morgan fingerprint density at radius 3 is 2.27 bits per heavy atom. The second-order valence-corrected chi connectivity index (χ2v) is 8.28. The minimum absolute atomic E-state index is 0.208. The van der Waals surface area contributed by atoms with Crippen molar-refractivity contribution >= 4 is 17.6 Å². The number of esters is 1. The molecule has 33 heavy (non-hydrogen) atoms. The molecule has 1 aliphatic rings. The normalized spacial score (nSPS) is 13.8. The zero-order chi connectivity index (χ0) is 23.4. The van der Waals surface area contributed by atoms with Crippen molar-refractivity contribution in [1.82, 2.24) is 9.47 Å². The Morgan fingerprint density at radius 2 is 1.61 bits per heavy atom. The van der Waals surface area contributed by atoms with Gasteiger partial charge in [-0.3, -0.25) is 4.79 Å². The summed E-state index contributed by atoms with van der Waals surface area (Å²) in [6, 6.07) is 18.2. The molecule has 0 unspecified atom stereocenters. The molecule has 0 saturated carbocycles. The maximum absolute atomic E-state index is 13.1. The second kappa shape index (κ2) is 9.90. The van der Waals surface area contributed by atoms with E-state index in [1.165, 1.54) is 12.1 Å². The molecule has 3 aromatic rings. The lowest BCUT2D eigenvalue weighted by Gasteiger charge is -2.36. The van der Waals surface area contributed by atoms with Crippen LogP contribution in [-0.2, 0) is 16.1 Å². The molecule has 1 aromatic heterocycles. The van der Waals surface area contributed by atoms with E-state index in [0.29, 0.717) is 38.3 Å². The largest absolute Gasteiger partial charge is 0.452 e. The van der Waals surface area contributed by atoms with Gasteiger partial charge in [0.15, 0.2) is 6.61 Å². The standard InChI is InChI=1S/C26H28FN3O3/c1-19-16-24(20(2)30(19)17-21-6-4-3-5-7-21)26(32)33-18-25(31)29-14-12-28(13-15-29)23-10-8-22(27)9-11-23/h3-11,16H,12-15,17-18H2,1-2H3. The van der Waals surface area contributed by atoms with Gasteiger partial charge in [0.05, 0.1) is 5.56 Å². The van der Waals surface area contributed by atoms with Crippen molar-refractivity contribution in [3.63, 3.8) is 0 Å². The Bertz CT molecular complexity index is 1120. The van der Waals surface area contributed by atoms with E-state index in [-0.39, 0.29) is 18.3 Å². The first-order valence-electron chi connectivity index (χ1n) is 11.1. The molecule has 0 N–H and O–H groups in total. The van der Waals surface area contributed by atoms with Crippen LogP contribution in [0.15, 0.2) is 60.7 Å². The minimum atomic E-state index is -0.485. The van der Waals surface area contributed by atoms with Gasteiger partial charge in [-0.1, -0.05) is 30.3 Å².